The Bertz CT molecular complexity index is 342. The van der Waals surface area contributed by atoms with E-state index in [1.807, 2.05) is 18.2 Å². The van der Waals surface area contributed by atoms with Crippen LogP contribution in [0.2, 0.25) is 0 Å². The summed E-state index contributed by atoms with van der Waals surface area (Å²) in [5.74, 6) is 0.632. The van der Waals surface area contributed by atoms with Gasteiger partial charge in [-0.2, -0.15) is 5.26 Å². The predicted molar refractivity (Wildman–Crippen MR) is 55.1 cm³/mol. The van der Waals surface area contributed by atoms with Crippen LogP contribution in [-0.4, -0.2) is 13.7 Å². The molecule has 0 bridgehead atoms. The summed E-state index contributed by atoms with van der Waals surface area (Å²) in [4.78, 5) is 0. The minimum absolute atomic E-state index is 0.586. The van der Waals surface area contributed by atoms with Gasteiger partial charge in [0.1, 0.15) is 11.8 Å². The summed E-state index contributed by atoms with van der Waals surface area (Å²) in [5.41, 5.74) is 1.69. The quantitative estimate of drug-likeness (QED) is 0.785. The molecular formula is C11H14N2O. The van der Waals surface area contributed by atoms with Crippen molar-refractivity contribution in [2.45, 2.75) is 13.5 Å². The van der Waals surface area contributed by atoms with Gasteiger partial charge in [-0.3, -0.25) is 0 Å². The summed E-state index contributed by atoms with van der Waals surface area (Å²) in [6.07, 6.45) is 0. The molecule has 0 saturated carbocycles. The highest BCUT2D eigenvalue weighted by Gasteiger charge is 2.02. The van der Waals surface area contributed by atoms with E-state index in [0.717, 1.165) is 18.7 Å². The van der Waals surface area contributed by atoms with Crippen LogP contribution < -0.4 is 10.1 Å². The van der Waals surface area contributed by atoms with E-state index in [9.17, 15) is 0 Å². The van der Waals surface area contributed by atoms with Crippen molar-refractivity contribution in [3.05, 3.63) is 29.3 Å². The molecule has 0 aromatic heterocycles. The van der Waals surface area contributed by atoms with Gasteiger partial charge in [0, 0.05) is 6.54 Å². The highest BCUT2D eigenvalue weighted by atomic mass is 16.5. The molecule has 3 heteroatoms. The molecule has 1 aromatic rings. The van der Waals surface area contributed by atoms with Gasteiger partial charge in [-0.25, -0.2) is 0 Å². The number of hydrogen-bond acceptors (Lipinski definition) is 3. The standard InChI is InChI=1S/C11H14N2O/c1-3-13-8-9-4-5-11(14-2)10(6-9)7-12/h4-6,13H,3,8H2,1-2H3. The first-order chi connectivity index (χ1) is 6.81. The maximum absolute atomic E-state index is 8.85. The maximum atomic E-state index is 8.85. The summed E-state index contributed by atoms with van der Waals surface area (Å²) < 4.78 is 5.05. The molecule has 0 aliphatic heterocycles. The molecule has 0 spiro atoms. The molecule has 14 heavy (non-hydrogen) atoms. The van der Waals surface area contributed by atoms with E-state index in [1.54, 1.807) is 7.11 Å². The van der Waals surface area contributed by atoms with E-state index in [4.69, 9.17) is 10.00 Å². The van der Waals surface area contributed by atoms with Gasteiger partial charge in [-0.15, -0.1) is 0 Å². The Morgan fingerprint density at radius 1 is 1.50 bits per heavy atom. The molecule has 3 nitrogen and oxygen atoms in total. The summed E-state index contributed by atoms with van der Waals surface area (Å²) >= 11 is 0. The fourth-order valence-electron chi connectivity index (χ4n) is 1.22. The van der Waals surface area contributed by atoms with E-state index in [2.05, 4.69) is 18.3 Å². The number of nitriles is 1. The maximum Gasteiger partial charge on any atom is 0.136 e. The molecule has 0 atom stereocenters. The fraction of sp³-hybridized carbons (Fsp3) is 0.364. The third-order valence-corrected chi connectivity index (χ3v) is 1.96. The minimum Gasteiger partial charge on any atom is -0.495 e. The van der Waals surface area contributed by atoms with Gasteiger partial charge in [0.25, 0.3) is 0 Å². The molecule has 0 saturated heterocycles. The molecule has 0 fully saturated rings. The lowest BCUT2D eigenvalue weighted by molar-refractivity contribution is 0.413. The number of methoxy groups -OCH3 is 1. The van der Waals surface area contributed by atoms with Gasteiger partial charge in [0.15, 0.2) is 0 Å². The molecule has 74 valence electrons. The molecule has 0 amide bonds. The van der Waals surface area contributed by atoms with Crippen molar-refractivity contribution in [1.82, 2.24) is 5.32 Å². The average Bonchev–Trinajstić information content (AvgIpc) is 2.25. The number of hydrogen-bond donors (Lipinski definition) is 1. The zero-order valence-electron chi connectivity index (χ0n) is 8.50. The molecule has 1 rings (SSSR count). The van der Waals surface area contributed by atoms with E-state index < -0.39 is 0 Å². The van der Waals surface area contributed by atoms with Gasteiger partial charge in [-0.1, -0.05) is 13.0 Å². The van der Waals surface area contributed by atoms with E-state index in [0.29, 0.717) is 11.3 Å². The van der Waals surface area contributed by atoms with Crippen LogP contribution in [0.25, 0.3) is 0 Å². The van der Waals surface area contributed by atoms with E-state index in [1.165, 1.54) is 0 Å². The lowest BCUT2D eigenvalue weighted by Crippen LogP contribution is -2.11. The number of ether oxygens (including phenoxy) is 1. The van der Waals surface area contributed by atoms with Crippen molar-refractivity contribution in [2.75, 3.05) is 13.7 Å². The van der Waals surface area contributed by atoms with Crippen LogP contribution in [0.5, 0.6) is 5.75 Å². The monoisotopic (exact) mass is 190 g/mol. The van der Waals surface area contributed by atoms with E-state index >= 15 is 0 Å². The molecule has 0 unspecified atom stereocenters. The molecule has 0 aliphatic rings. The fourth-order valence-corrected chi connectivity index (χ4v) is 1.22. The van der Waals surface area contributed by atoms with Crippen molar-refractivity contribution in [3.8, 4) is 11.8 Å². The second-order valence-electron chi connectivity index (χ2n) is 2.93. The lowest BCUT2D eigenvalue weighted by Gasteiger charge is -2.05. The molecule has 1 aromatic carbocycles. The summed E-state index contributed by atoms with van der Waals surface area (Å²) in [5, 5.41) is 12.1. The number of nitrogens with zero attached hydrogens (tertiary/aromatic N) is 1. The summed E-state index contributed by atoms with van der Waals surface area (Å²) in [6.45, 7) is 3.76. The number of rotatable bonds is 4. The Morgan fingerprint density at radius 3 is 2.86 bits per heavy atom. The zero-order chi connectivity index (χ0) is 10.4. The van der Waals surface area contributed by atoms with Gasteiger partial charge in [0.2, 0.25) is 0 Å². The highest BCUT2D eigenvalue weighted by molar-refractivity contribution is 5.45. The van der Waals surface area contributed by atoms with Crippen LogP contribution in [-0.2, 0) is 6.54 Å². The van der Waals surface area contributed by atoms with Crippen molar-refractivity contribution in [2.24, 2.45) is 0 Å². The Kier molecular flexibility index (Phi) is 3.96. The summed E-state index contributed by atoms with van der Waals surface area (Å²) in [6, 6.07) is 7.74. The van der Waals surface area contributed by atoms with Crippen LogP contribution in [0, 0.1) is 11.3 Å². The first kappa shape index (κ1) is 10.6. The van der Waals surface area contributed by atoms with Crippen molar-refractivity contribution < 1.29 is 4.74 Å². The van der Waals surface area contributed by atoms with Gasteiger partial charge in [0.05, 0.1) is 12.7 Å². The molecule has 0 heterocycles. The second kappa shape index (κ2) is 5.25. The third-order valence-electron chi connectivity index (χ3n) is 1.96. The highest BCUT2D eigenvalue weighted by Crippen LogP contribution is 2.18. The summed E-state index contributed by atoms with van der Waals surface area (Å²) in [7, 11) is 1.57. The van der Waals surface area contributed by atoms with Gasteiger partial charge >= 0.3 is 0 Å². The second-order valence-corrected chi connectivity index (χ2v) is 2.93. The van der Waals surface area contributed by atoms with Crippen LogP contribution in [0.15, 0.2) is 18.2 Å². The predicted octanol–water partition coefficient (Wildman–Crippen LogP) is 1.68. The Balaban J connectivity index is 2.86. The van der Waals surface area contributed by atoms with Crippen LogP contribution in [0.1, 0.15) is 18.1 Å². The van der Waals surface area contributed by atoms with E-state index in [-0.39, 0.29) is 0 Å². The molecule has 0 radical (unpaired) electrons. The lowest BCUT2D eigenvalue weighted by atomic mass is 10.1. The molecule has 0 aliphatic carbocycles. The normalized spacial score (nSPS) is 9.50. The topological polar surface area (TPSA) is 45.0 Å². The van der Waals surface area contributed by atoms with Crippen LogP contribution in [0.4, 0.5) is 0 Å². The van der Waals surface area contributed by atoms with Gasteiger partial charge < -0.3 is 10.1 Å². The molecular weight excluding hydrogens is 176 g/mol. The third kappa shape index (κ3) is 2.48. The van der Waals surface area contributed by atoms with Crippen LogP contribution >= 0.6 is 0 Å². The molecule has 1 N–H and O–H groups in total. The van der Waals surface area contributed by atoms with Crippen molar-refractivity contribution in [1.29, 1.82) is 5.26 Å². The van der Waals surface area contributed by atoms with Crippen molar-refractivity contribution in [3.63, 3.8) is 0 Å². The number of nitrogens with one attached hydrogen (secondary N) is 1. The first-order valence-electron chi connectivity index (χ1n) is 4.59. The smallest absolute Gasteiger partial charge is 0.136 e. The Labute approximate surface area is 84.3 Å². The minimum atomic E-state index is 0.586. The average molecular weight is 190 g/mol. The van der Waals surface area contributed by atoms with Crippen molar-refractivity contribution >= 4 is 0 Å². The van der Waals surface area contributed by atoms with Gasteiger partial charge in [-0.05, 0) is 24.2 Å². The Morgan fingerprint density at radius 2 is 2.29 bits per heavy atom. The zero-order valence-corrected chi connectivity index (χ0v) is 8.50. The Hall–Kier alpha value is -1.53. The number of benzene rings is 1. The van der Waals surface area contributed by atoms with Crippen LogP contribution in [0.3, 0.4) is 0 Å². The largest absolute Gasteiger partial charge is 0.495 e. The SMILES string of the molecule is CCNCc1ccc(OC)c(C#N)c1. The first-order valence-corrected chi connectivity index (χ1v) is 4.59.